The lowest BCUT2D eigenvalue weighted by Crippen LogP contribution is -2.48. The largest absolute Gasteiger partial charge is 0.497 e. The van der Waals surface area contributed by atoms with E-state index in [0.717, 1.165) is 0 Å². The zero-order valence-corrected chi connectivity index (χ0v) is 18.5. The van der Waals surface area contributed by atoms with E-state index >= 15 is 0 Å². The minimum absolute atomic E-state index is 0.0449. The van der Waals surface area contributed by atoms with Crippen LogP contribution in [0.3, 0.4) is 0 Å². The summed E-state index contributed by atoms with van der Waals surface area (Å²) in [5, 5.41) is -1.31. The maximum atomic E-state index is 14.9. The van der Waals surface area contributed by atoms with Gasteiger partial charge in [-0.05, 0) is 56.2 Å². The van der Waals surface area contributed by atoms with Gasteiger partial charge in [0.15, 0.2) is 9.84 Å². The second-order valence-electron chi connectivity index (χ2n) is 7.85. The van der Waals surface area contributed by atoms with Crippen LogP contribution in [0.1, 0.15) is 42.7 Å². The molecule has 0 aromatic heterocycles. The highest BCUT2D eigenvalue weighted by atomic mass is 32.2. The van der Waals surface area contributed by atoms with Crippen LogP contribution >= 0.6 is 0 Å². The van der Waals surface area contributed by atoms with Gasteiger partial charge >= 0.3 is 0 Å². The lowest BCUT2D eigenvalue weighted by molar-refractivity contribution is 0.0508. The van der Waals surface area contributed by atoms with E-state index in [-0.39, 0.29) is 31.0 Å². The minimum Gasteiger partial charge on any atom is -0.497 e. The Kier molecular flexibility index (Phi) is 6.66. The Morgan fingerprint density at radius 1 is 1.16 bits per heavy atom. The molecule has 0 aliphatic carbocycles. The lowest BCUT2D eigenvalue weighted by Gasteiger charge is -2.33. The zero-order chi connectivity index (χ0) is 22.8. The summed E-state index contributed by atoms with van der Waals surface area (Å²) in [7, 11) is -2.69. The van der Waals surface area contributed by atoms with Crippen molar-refractivity contribution in [2.75, 3.05) is 20.3 Å². The Morgan fingerprint density at radius 2 is 1.84 bits per heavy atom. The predicted octanol–water partition coefficient (Wildman–Crippen LogP) is 3.73. The molecular formula is C22H26F2N2O4S. The van der Waals surface area contributed by atoms with E-state index < -0.39 is 37.6 Å². The number of sulfone groups is 1. The fraction of sp³-hybridized carbons (Fsp3) is 0.409. The van der Waals surface area contributed by atoms with Crippen LogP contribution in [-0.4, -0.2) is 39.3 Å². The topological polar surface area (TPSA) is 91.0 Å². The Bertz CT molecular complexity index is 1070. The molecule has 1 aliphatic rings. The molecule has 0 radical (unpaired) electrons. The SMILES string of the molecule is COc1ccc(F)c(C2C[C@H](c3ccc(F)cc3)OCCN=C(N)C(C)(C)S2(=O)=O)c1. The van der Waals surface area contributed by atoms with Crippen molar-refractivity contribution < 1.29 is 26.7 Å². The van der Waals surface area contributed by atoms with E-state index in [1.807, 2.05) is 0 Å². The van der Waals surface area contributed by atoms with E-state index in [4.69, 9.17) is 15.2 Å². The van der Waals surface area contributed by atoms with Crippen LogP contribution in [0.2, 0.25) is 0 Å². The molecule has 2 N–H and O–H groups in total. The zero-order valence-electron chi connectivity index (χ0n) is 17.6. The van der Waals surface area contributed by atoms with E-state index in [1.54, 1.807) is 0 Å². The van der Waals surface area contributed by atoms with Gasteiger partial charge in [0.2, 0.25) is 0 Å². The van der Waals surface area contributed by atoms with Crippen molar-refractivity contribution >= 4 is 15.7 Å². The average molecular weight is 453 g/mol. The molecule has 6 nitrogen and oxygen atoms in total. The van der Waals surface area contributed by atoms with Crippen LogP contribution < -0.4 is 10.5 Å². The molecular weight excluding hydrogens is 426 g/mol. The number of ether oxygens (including phenoxy) is 2. The summed E-state index contributed by atoms with van der Waals surface area (Å²) in [6.45, 7) is 3.26. The van der Waals surface area contributed by atoms with Crippen molar-refractivity contribution in [3.05, 3.63) is 65.2 Å². The summed E-state index contributed by atoms with van der Waals surface area (Å²) in [6, 6.07) is 9.55. The van der Waals surface area contributed by atoms with Gasteiger partial charge in [-0.2, -0.15) is 0 Å². The van der Waals surface area contributed by atoms with Crippen LogP contribution in [0, 0.1) is 11.6 Å². The summed E-state index contributed by atoms with van der Waals surface area (Å²) in [4.78, 5) is 4.17. The van der Waals surface area contributed by atoms with Gasteiger partial charge in [-0.25, -0.2) is 17.2 Å². The van der Waals surface area contributed by atoms with Gasteiger partial charge in [0.1, 0.15) is 28.0 Å². The molecule has 168 valence electrons. The first-order valence-corrected chi connectivity index (χ1v) is 11.4. The van der Waals surface area contributed by atoms with E-state index in [1.165, 1.54) is 63.4 Å². The Hall–Kier alpha value is -2.52. The van der Waals surface area contributed by atoms with E-state index in [9.17, 15) is 17.2 Å². The second kappa shape index (κ2) is 8.92. The van der Waals surface area contributed by atoms with Gasteiger partial charge in [-0.1, -0.05) is 12.1 Å². The number of hydrogen-bond acceptors (Lipinski definition) is 6. The number of nitrogens with two attached hydrogens (primary N) is 1. The van der Waals surface area contributed by atoms with Crippen LogP contribution in [-0.2, 0) is 14.6 Å². The third kappa shape index (κ3) is 4.57. The van der Waals surface area contributed by atoms with Gasteiger partial charge < -0.3 is 15.2 Å². The third-order valence-electron chi connectivity index (χ3n) is 5.62. The first-order valence-electron chi connectivity index (χ1n) is 9.82. The van der Waals surface area contributed by atoms with Crippen LogP contribution in [0.4, 0.5) is 8.78 Å². The number of hydrogen-bond donors (Lipinski definition) is 1. The van der Waals surface area contributed by atoms with Crippen molar-refractivity contribution in [3.63, 3.8) is 0 Å². The molecule has 1 aliphatic heterocycles. The summed E-state index contributed by atoms with van der Waals surface area (Å²) >= 11 is 0. The molecule has 0 saturated carbocycles. The molecule has 0 fully saturated rings. The molecule has 2 atom stereocenters. The maximum absolute atomic E-state index is 14.9. The smallest absolute Gasteiger partial charge is 0.169 e. The predicted molar refractivity (Wildman–Crippen MR) is 115 cm³/mol. The molecule has 2 aromatic rings. The van der Waals surface area contributed by atoms with Crippen molar-refractivity contribution in [1.82, 2.24) is 0 Å². The van der Waals surface area contributed by atoms with Crippen LogP contribution in [0.15, 0.2) is 47.5 Å². The number of rotatable bonds is 3. The van der Waals surface area contributed by atoms with Gasteiger partial charge in [0.05, 0.1) is 31.6 Å². The summed E-state index contributed by atoms with van der Waals surface area (Å²) < 4.78 is 65.4. The van der Waals surface area contributed by atoms with Crippen molar-refractivity contribution in [1.29, 1.82) is 0 Å². The maximum Gasteiger partial charge on any atom is 0.169 e. The molecule has 0 bridgehead atoms. The molecule has 3 rings (SSSR count). The summed E-state index contributed by atoms with van der Waals surface area (Å²) in [5.41, 5.74) is 6.57. The molecule has 2 aromatic carbocycles. The highest BCUT2D eigenvalue weighted by Gasteiger charge is 2.46. The molecule has 1 unspecified atom stereocenters. The van der Waals surface area contributed by atoms with Crippen LogP contribution in [0.25, 0.3) is 0 Å². The lowest BCUT2D eigenvalue weighted by atomic mass is 10.00. The monoisotopic (exact) mass is 452 g/mol. The number of halogens is 2. The normalized spacial score (nSPS) is 23.6. The van der Waals surface area contributed by atoms with Gasteiger partial charge in [-0.15, -0.1) is 0 Å². The van der Waals surface area contributed by atoms with Crippen molar-refractivity contribution in [3.8, 4) is 5.75 Å². The van der Waals surface area contributed by atoms with Crippen LogP contribution in [0.5, 0.6) is 5.75 Å². The third-order valence-corrected chi connectivity index (χ3v) is 8.44. The van der Waals surface area contributed by atoms with Gasteiger partial charge in [0.25, 0.3) is 0 Å². The van der Waals surface area contributed by atoms with Crippen molar-refractivity contribution in [2.45, 2.75) is 36.4 Å². The standard InChI is InChI=1S/C22H26F2N2O4S/c1-22(2)21(25)26-10-11-30-19(14-4-6-15(23)7-5-14)13-20(31(22,27)28)17-12-16(29-3)8-9-18(17)24/h4-9,12,19-20H,10-11,13H2,1-3H3,(H2,25,26)/t19-,20?/m1/s1. The van der Waals surface area contributed by atoms with E-state index in [2.05, 4.69) is 4.99 Å². The molecule has 0 spiro atoms. The molecule has 9 heteroatoms. The summed E-state index contributed by atoms with van der Waals surface area (Å²) in [6.07, 6.45) is -0.814. The molecule has 31 heavy (non-hydrogen) atoms. The molecule has 0 saturated heterocycles. The minimum atomic E-state index is -4.11. The fourth-order valence-corrected chi connectivity index (χ4v) is 5.55. The number of amidine groups is 1. The highest BCUT2D eigenvalue weighted by molar-refractivity contribution is 7.93. The Balaban J connectivity index is 2.19. The van der Waals surface area contributed by atoms with E-state index in [0.29, 0.717) is 11.3 Å². The quantitative estimate of drug-likeness (QED) is 0.766. The Labute approximate surface area is 181 Å². The number of methoxy groups -OCH3 is 1. The fourth-order valence-electron chi connectivity index (χ4n) is 3.54. The number of benzene rings is 2. The van der Waals surface area contributed by atoms with Gasteiger partial charge in [0, 0.05) is 5.56 Å². The first kappa shape index (κ1) is 23.1. The Morgan fingerprint density at radius 3 is 2.48 bits per heavy atom. The first-order chi connectivity index (χ1) is 14.6. The molecule has 0 amide bonds. The number of aliphatic imine (C=N–C) groups is 1. The molecule has 1 heterocycles. The summed E-state index contributed by atoms with van der Waals surface area (Å²) in [5.74, 6) is -0.854. The number of nitrogens with zero attached hydrogens (tertiary/aromatic N) is 1. The second-order valence-corrected chi connectivity index (χ2v) is 10.5. The van der Waals surface area contributed by atoms with Crippen molar-refractivity contribution in [2.24, 2.45) is 10.7 Å². The van der Waals surface area contributed by atoms with Gasteiger partial charge in [-0.3, -0.25) is 4.99 Å². The average Bonchev–Trinajstić information content (AvgIpc) is 2.73. The highest BCUT2D eigenvalue weighted by Crippen LogP contribution is 2.42.